The van der Waals surface area contributed by atoms with E-state index in [4.69, 9.17) is 4.74 Å². The molecular weight excluding hydrogens is 268 g/mol. The Morgan fingerprint density at radius 2 is 2.05 bits per heavy atom. The minimum Gasteiger partial charge on any atom is -0.389 e. The number of ether oxygens (including phenoxy) is 1. The molecule has 0 aromatic rings. The molecular formula is C16H32N2O3. The predicted octanol–water partition coefficient (Wildman–Crippen LogP) is 1.55. The number of amides is 1. The van der Waals surface area contributed by atoms with Crippen LogP contribution in [0.25, 0.3) is 0 Å². The maximum atomic E-state index is 11.8. The second-order valence-electron chi connectivity index (χ2n) is 5.83. The van der Waals surface area contributed by atoms with Crippen molar-refractivity contribution in [2.24, 2.45) is 0 Å². The standard InChI is InChI=1S/C16H32N2O3/c1-2-3-4-7-12-21-14-15(19)13-17-9-8-16(20)18-10-5-6-11-18/h15,17,19H,2-14H2,1H3. The van der Waals surface area contributed by atoms with Crippen LogP contribution in [0.4, 0.5) is 0 Å². The van der Waals surface area contributed by atoms with Gasteiger partial charge in [0.15, 0.2) is 0 Å². The summed E-state index contributed by atoms with van der Waals surface area (Å²) >= 11 is 0. The Bertz CT molecular complexity index is 268. The maximum absolute atomic E-state index is 11.8. The van der Waals surface area contributed by atoms with Gasteiger partial charge in [-0.15, -0.1) is 0 Å². The fourth-order valence-electron chi connectivity index (χ4n) is 2.50. The van der Waals surface area contributed by atoms with Crippen molar-refractivity contribution in [2.45, 2.75) is 58.0 Å². The van der Waals surface area contributed by atoms with Crippen LogP contribution in [-0.4, -0.2) is 61.4 Å². The molecule has 21 heavy (non-hydrogen) atoms. The van der Waals surface area contributed by atoms with Crippen LogP contribution in [0.3, 0.4) is 0 Å². The van der Waals surface area contributed by atoms with E-state index in [1.165, 1.54) is 19.3 Å². The largest absolute Gasteiger partial charge is 0.389 e. The number of carbonyl (C=O) groups is 1. The number of unbranched alkanes of at least 4 members (excludes halogenated alkanes) is 3. The Hall–Kier alpha value is -0.650. The number of nitrogens with zero attached hydrogens (tertiary/aromatic N) is 1. The summed E-state index contributed by atoms with van der Waals surface area (Å²) < 4.78 is 5.44. The smallest absolute Gasteiger partial charge is 0.223 e. The third-order valence-electron chi connectivity index (χ3n) is 3.81. The highest BCUT2D eigenvalue weighted by molar-refractivity contribution is 5.76. The number of nitrogens with one attached hydrogen (secondary N) is 1. The zero-order chi connectivity index (χ0) is 15.3. The van der Waals surface area contributed by atoms with Gasteiger partial charge in [-0.05, 0) is 19.3 Å². The molecule has 1 saturated heterocycles. The molecule has 124 valence electrons. The zero-order valence-electron chi connectivity index (χ0n) is 13.5. The van der Waals surface area contributed by atoms with Gasteiger partial charge in [-0.2, -0.15) is 0 Å². The molecule has 1 aliphatic heterocycles. The summed E-state index contributed by atoms with van der Waals surface area (Å²) in [6, 6.07) is 0. The van der Waals surface area contributed by atoms with Crippen LogP contribution in [0, 0.1) is 0 Å². The van der Waals surface area contributed by atoms with E-state index in [2.05, 4.69) is 12.2 Å². The molecule has 0 aromatic carbocycles. The summed E-state index contributed by atoms with van der Waals surface area (Å²) in [5, 5.41) is 12.9. The molecule has 1 rings (SSSR count). The highest BCUT2D eigenvalue weighted by Gasteiger charge is 2.17. The Labute approximate surface area is 129 Å². The molecule has 1 heterocycles. The van der Waals surface area contributed by atoms with Gasteiger partial charge in [-0.1, -0.05) is 26.2 Å². The molecule has 5 heteroatoms. The number of carbonyl (C=O) groups excluding carboxylic acids is 1. The van der Waals surface area contributed by atoms with Crippen molar-refractivity contribution in [1.29, 1.82) is 0 Å². The van der Waals surface area contributed by atoms with Crippen LogP contribution >= 0.6 is 0 Å². The molecule has 1 atom stereocenters. The van der Waals surface area contributed by atoms with Gasteiger partial charge in [0.05, 0.1) is 12.7 Å². The predicted molar refractivity (Wildman–Crippen MR) is 84.3 cm³/mol. The van der Waals surface area contributed by atoms with Gasteiger partial charge in [-0.25, -0.2) is 0 Å². The van der Waals surface area contributed by atoms with E-state index in [0.29, 0.717) is 26.1 Å². The van der Waals surface area contributed by atoms with Crippen molar-refractivity contribution >= 4 is 5.91 Å². The molecule has 0 bridgehead atoms. The van der Waals surface area contributed by atoms with Crippen LogP contribution in [0.2, 0.25) is 0 Å². The monoisotopic (exact) mass is 300 g/mol. The van der Waals surface area contributed by atoms with E-state index in [1.807, 2.05) is 4.90 Å². The highest BCUT2D eigenvalue weighted by Crippen LogP contribution is 2.08. The van der Waals surface area contributed by atoms with Gasteiger partial charge in [0.25, 0.3) is 0 Å². The van der Waals surface area contributed by atoms with E-state index in [-0.39, 0.29) is 5.91 Å². The molecule has 0 saturated carbocycles. The van der Waals surface area contributed by atoms with Crippen LogP contribution in [0.1, 0.15) is 51.9 Å². The van der Waals surface area contributed by atoms with Crippen LogP contribution in [-0.2, 0) is 9.53 Å². The Morgan fingerprint density at radius 1 is 1.29 bits per heavy atom. The molecule has 1 amide bonds. The molecule has 2 N–H and O–H groups in total. The molecule has 0 aromatic heterocycles. The Balaban J connectivity index is 1.88. The van der Waals surface area contributed by atoms with Crippen molar-refractivity contribution in [2.75, 3.05) is 39.4 Å². The number of aliphatic hydroxyl groups excluding tert-OH is 1. The van der Waals surface area contributed by atoms with E-state index < -0.39 is 6.10 Å². The highest BCUT2D eigenvalue weighted by atomic mass is 16.5. The number of hydrogen-bond donors (Lipinski definition) is 2. The first-order valence-corrected chi connectivity index (χ1v) is 8.48. The number of rotatable bonds is 12. The minimum absolute atomic E-state index is 0.224. The molecule has 5 nitrogen and oxygen atoms in total. The summed E-state index contributed by atoms with van der Waals surface area (Å²) in [5.74, 6) is 0.224. The van der Waals surface area contributed by atoms with Crippen molar-refractivity contribution in [3.8, 4) is 0 Å². The fraction of sp³-hybridized carbons (Fsp3) is 0.938. The lowest BCUT2D eigenvalue weighted by atomic mass is 10.2. The Morgan fingerprint density at radius 3 is 2.76 bits per heavy atom. The summed E-state index contributed by atoms with van der Waals surface area (Å²) in [6.07, 6.45) is 7.03. The van der Waals surface area contributed by atoms with E-state index in [9.17, 15) is 9.90 Å². The molecule has 1 unspecified atom stereocenters. The third kappa shape index (κ3) is 9.06. The van der Waals surface area contributed by atoms with Crippen molar-refractivity contribution < 1.29 is 14.6 Å². The van der Waals surface area contributed by atoms with E-state index >= 15 is 0 Å². The summed E-state index contributed by atoms with van der Waals surface area (Å²) in [6.45, 7) is 6.22. The minimum atomic E-state index is -0.488. The maximum Gasteiger partial charge on any atom is 0.223 e. The lowest BCUT2D eigenvalue weighted by molar-refractivity contribution is -0.130. The normalized spacial score (nSPS) is 16.4. The first-order chi connectivity index (χ1) is 10.2. The van der Waals surface area contributed by atoms with Gasteiger partial charge in [-0.3, -0.25) is 4.79 Å². The lowest BCUT2D eigenvalue weighted by Gasteiger charge is -2.16. The van der Waals surface area contributed by atoms with Gasteiger partial charge >= 0.3 is 0 Å². The van der Waals surface area contributed by atoms with Gasteiger partial charge in [0.1, 0.15) is 0 Å². The topological polar surface area (TPSA) is 61.8 Å². The average Bonchev–Trinajstić information content (AvgIpc) is 3.01. The molecule has 0 spiro atoms. The van der Waals surface area contributed by atoms with Crippen LogP contribution < -0.4 is 5.32 Å². The summed E-state index contributed by atoms with van der Waals surface area (Å²) in [4.78, 5) is 13.7. The summed E-state index contributed by atoms with van der Waals surface area (Å²) in [7, 11) is 0. The average molecular weight is 300 g/mol. The van der Waals surface area contributed by atoms with Gasteiger partial charge < -0.3 is 20.1 Å². The second kappa shape index (κ2) is 12.0. The van der Waals surface area contributed by atoms with Crippen molar-refractivity contribution in [1.82, 2.24) is 10.2 Å². The Kier molecular flexibility index (Phi) is 10.5. The van der Waals surface area contributed by atoms with Crippen LogP contribution in [0.15, 0.2) is 0 Å². The first-order valence-electron chi connectivity index (χ1n) is 8.48. The quantitative estimate of drug-likeness (QED) is 0.537. The van der Waals surface area contributed by atoms with Gasteiger partial charge in [0.2, 0.25) is 5.91 Å². The lowest BCUT2D eigenvalue weighted by Crippen LogP contribution is -2.34. The zero-order valence-corrected chi connectivity index (χ0v) is 13.5. The van der Waals surface area contributed by atoms with E-state index in [1.54, 1.807) is 0 Å². The third-order valence-corrected chi connectivity index (χ3v) is 3.81. The molecule has 0 aliphatic carbocycles. The first kappa shape index (κ1) is 18.4. The second-order valence-corrected chi connectivity index (χ2v) is 5.83. The van der Waals surface area contributed by atoms with E-state index in [0.717, 1.165) is 39.0 Å². The number of hydrogen-bond acceptors (Lipinski definition) is 4. The van der Waals surface area contributed by atoms with Crippen molar-refractivity contribution in [3.63, 3.8) is 0 Å². The summed E-state index contributed by atoms with van der Waals surface area (Å²) in [5.41, 5.74) is 0. The van der Waals surface area contributed by atoms with Crippen LogP contribution in [0.5, 0.6) is 0 Å². The number of likely N-dealkylation sites (tertiary alicyclic amines) is 1. The van der Waals surface area contributed by atoms with Crippen molar-refractivity contribution in [3.05, 3.63) is 0 Å². The molecule has 0 radical (unpaired) electrons. The SMILES string of the molecule is CCCCCCOCC(O)CNCCC(=O)N1CCCC1. The number of aliphatic hydroxyl groups is 1. The van der Waals surface area contributed by atoms with Gasteiger partial charge in [0, 0.05) is 39.2 Å². The molecule has 1 fully saturated rings. The molecule has 1 aliphatic rings. The fourth-order valence-corrected chi connectivity index (χ4v) is 2.50.